The Kier molecular flexibility index (Phi) is 6.15. The maximum absolute atomic E-state index is 10.9. The molecule has 0 spiro atoms. The van der Waals surface area contributed by atoms with Crippen LogP contribution in [0.25, 0.3) is 0 Å². The summed E-state index contributed by atoms with van der Waals surface area (Å²) < 4.78 is 15.9. The standard InChI is InChI=1S/C14H21NO4/c1-10(16)5-6-15-9-12-13(18-3)7-11(17-2)8-14(12)19-4/h7-8,15H,5-6,9H2,1-4H3. The minimum atomic E-state index is 0.168. The maximum atomic E-state index is 10.9. The fourth-order valence-corrected chi connectivity index (χ4v) is 1.73. The number of ketones is 1. The van der Waals surface area contributed by atoms with E-state index in [4.69, 9.17) is 14.2 Å². The number of nitrogens with one attached hydrogen (secondary N) is 1. The topological polar surface area (TPSA) is 56.8 Å². The lowest BCUT2D eigenvalue weighted by molar-refractivity contribution is -0.116. The van der Waals surface area contributed by atoms with Crippen LogP contribution in [0.15, 0.2) is 12.1 Å². The summed E-state index contributed by atoms with van der Waals surface area (Å²) in [7, 11) is 4.81. The predicted molar refractivity (Wildman–Crippen MR) is 73.1 cm³/mol. The summed E-state index contributed by atoms with van der Waals surface area (Å²) in [6.45, 7) is 2.79. The zero-order valence-corrected chi connectivity index (χ0v) is 11.9. The Balaban J connectivity index is 2.82. The fourth-order valence-electron chi connectivity index (χ4n) is 1.73. The van der Waals surface area contributed by atoms with E-state index >= 15 is 0 Å². The van der Waals surface area contributed by atoms with Crippen molar-refractivity contribution in [1.29, 1.82) is 0 Å². The number of hydrogen-bond donors (Lipinski definition) is 1. The highest BCUT2D eigenvalue weighted by atomic mass is 16.5. The number of hydrogen-bond acceptors (Lipinski definition) is 5. The van der Waals surface area contributed by atoms with E-state index in [2.05, 4.69) is 5.32 Å². The molecule has 0 atom stereocenters. The minimum absolute atomic E-state index is 0.168. The highest BCUT2D eigenvalue weighted by molar-refractivity contribution is 5.75. The number of carbonyl (C=O) groups excluding carboxylic acids is 1. The van der Waals surface area contributed by atoms with E-state index < -0.39 is 0 Å². The van der Waals surface area contributed by atoms with Gasteiger partial charge < -0.3 is 19.5 Å². The van der Waals surface area contributed by atoms with Crippen LogP contribution in [-0.4, -0.2) is 33.7 Å². The van der Waals surface area contributed by atoms with Crippen molar-refractivity contribution in [1.82, 2.24) is 5.32 Å². The van der Waals surface area contributed by atoms with E-state index in [1.807, 2.05) is 12.1 Å². The molecule has 5 nitrogen and oxygen atoms in total. The Morgan fingerprint density at radius 1 is 1.11 bits per heavy atom. The first-order valence-corrected chi connectivity index (χ1v) is 6.11. The third-order valence-electron chi connectivity index (χ3n) is 2.77. The predicted octanol–water partition coefficient (Wildman–Crippen LogP) is 1.78. The first-order valence-electron chi connectivity index (χ1n) is 6.11. The van der Waals surface area contributed by atoms with Gasteiger partial charge in [0.1, 0.15) is 23.0 Å². The molecule has 1 aromatic rings. The normalized spacial score (nSPS) is 10.1. The molecule has 0 saturated carbocycles. The number of carbonyl (C=O) groups is 1. The molecular weight excluding hydrogens is 246 g/mol. The molecule has 0 heterocycles. The third kappa shape index (κ3) is 4.44. The monoisotopic (exact) mass is 267 g/mol. The van der Waals surface area contributed by atoms with Crippen LogP contribution in [0.5, 0.6) is 17.2 Å². The Hall–Kier alpha value is -1.75. The molecule has 0 fully saturated rings. The van der Waals surface area contributed by atoms with E-state index in [0.29, 0.717) is 36.8 Å². The number of Topliss-reactive ketones (excluding diaryl/α,β-unsaturated/α-hetero) is 1. The van der Waals surface area contributed by atoms with E-state index in [0.717, 1.165) is 5.56 Å². The van der Waals surface area contributed by atoms with Gasteiger partial charge in [-0.2, -0.15) is 0 Å². The van der Waals surface area contributed by atoms with Gasteiger partial charge in [0.05, 0.1) is 26.9 Å². The van der Waals surface area contributed by atoms with Gasteiger partial charge in [-0.15, -0.1) is 0 Å². The first kappa shape index (κ1) is 15.3. The average molecular weight is 267 g/mol. The molecule has 0 aliphatic rings. The Morgan fingerprint density at radius 3 is 2.11 bits per heavy atom. The summed E-state index contributed by atoms with van der Waals surface area (Å²) in [5, 5.41) is 3.20. The SMILES string of the molecule is COc1cc(OC)c(CNCCC(C)=O)c(OC)c1. The van der Waals surface area contributed by atoms with Gasteiger partial charge >= 0.3 is 0 Å². The molecule has 0 aliphatic carbocycles. The Morgan fingerprint density at radius 2 is 1.68 bits per heavy atom. The summed E-state index contributed by atoms with van der Waals surface area (Å²) in [6.07, 6.45) is 0.515. The number of rotatable bonds is 8. The molecule has 19 heavy (non-hydrogen) atoms. The summed E-state index contributed by atoms with van der Waals surface area (Å²) in [5.74, 6) is 2.25. The summed E-state index contributed by atoms with van der Waals surface area (Å²) in [4.78, 5) is 10.9. The van der Waals surface area contributed by atoms with Crippen LogP contribution in [0.3, 0.4) is 0 Å². The Bertz CT molecular complexity index is 406. The smallest absolute Gasteiger partial charge is 0.131 e. The van der Waals surface area contributed by atoms with Crippen LogP contribution < -0.4 is 19.5 Å². The van der Waals surface area contributed by atoms with Crippen molar-refractivity contribution in [3.63, 3.8) is 0 Å². The first-order chi connectivity index (χ1) is 9.12. The molecule has 0 saturated heterocycles. The fraction of sp³-hybridized carbons (Fsp3) is 0.500. The lowest BCUT2D eigenvalue weighted by Crippen LogP contribution is -2.18. The zero-order chi connectivity index (χ0) is 14.3. The van der Waals surface area contributed by atoms with Crippen molar-refractivity contribution in [3.05, 3.63) is 17.7 Å². The molecular formula is C14H21NO4. The largest absolute Gasteiger partial charge is 0.496 e. The molecule has 1 aromatic carbocycles. The number of benzene rings is 1. The van der Waals surface area contributed by atoms with E-state index in [-0.39, 0.29) is 5.78 Å². The van der Waals surface area contributed by atoms with Crippen LogP contribution in [-0.2, 0) is 11.3 Å². The van der Waals surface area contributed by atoms with Crippen LogP contribution in [0, 0.1) is 0 Å². The number of ether oxygens (including phenoxy) is 3. The van der Waals surface area contributed by atoms with Gasteiger partial charge in [0, 0.05) is 31.6 Å². The number of methoxy groups -OCH3 is 3. The summed E-state index contributed by atoms with van der Waals surface area (Å²) in [6, 6.07) is 3.62. The van der Waals surface area contributed by atoms with Gasteiger partial charge in [0.15, 0.2) is 0 Å². The van der Waals surface area contributed by atoms with E-state index in [1.165, 1.54) is 0 Å². The molecule has 0 bridgehead atoms. The van der Waals surface area contributed by atoms with Crippen molar-refractivity contribution in [2.75, 3.05) is 27.9 Å². The highest BCUT2D eigenvalue weighted by Crippen LogP contribution is 2.33. The molecule has 1 N–H and O–H groups in total. The summed E-state index contributed by atoms with van der Waals surface area (Å²) in [5.41, 5.74) is 0.911. The van der Waals surface area contributed by atoms with Gasteiger partial charge in [-0.25, -0.2) is 0 Å². The minimum Gasteiger partial charge on any atom is -0.496 e. The molecule has 1 rings (SSSR count). The Labute approximate surface area is 113 Å². The average Bonchev–Trinajstić information content (AvgIpc) is 2.42. The van der Waals surface area contributed by atoms with Crippen LogP contribution in [0.1, 0.15) is 18.9 Å². The molecule has 106 valence electrons. The van der Waals surface area contributed by atoms with Crippen molar-refractivity contribution >= 4 is 5.78 Å². The quantitative estimate of drug-likeness (QED) is 0.728. The molecule has 0 radical (unpaired) electrons. The van der Waals surface area contributed by atoms with Crippen molar-refractivity contribution < 1.29 is 19.0 Å². The van der Waals surface area contributed by atoms with Crippen LogP contribution >= 0.6 is 0 Å². The maximum Gasteiger partial charge on any atom is 0.131 e. The summed E-state index contributed by atoms with van der Waals surface area (Å²) >= 11 is 0. The molecule has 0 aliphatic heterocycles. The van der Waals surface area contributed by atoms with Crippen LogP contribution in [0.2, 0.25) is 0 Å². The lowest BCUT2D eigenvalue weighted by Gasteiger charge is -2.15. The van der Waals surface area contributed by atoms with E-state index in [1.54, 1.807) is 28.3 Å². The second kappa shape index (κ2) is 7.63. The second-order valence-corrected chi connectivity index (χ2v) is 4.14. The second-order valence-electron chi connectivity index (χ2n) is 4.14. The lowest BCUT2D eigenvalue weighted by atomic mass is 10.1. The van der Waals surface area contributed by atoms with Gasteiger partial charge in [-0.3, -0.25) is 4.79 Å². The molecule has 0 aromatic heterocycles. The van der Waals surface area contributed by atoms with Crippen LogP contribution in [0.4, 0.5) is 0 Å². The molecule has 5 heteroatoms. The van der Waals surface area contributed by atoms with Gasteiger partial charge in [0.25, 0.3) is 0 Å². The van der Waals surface area contributed by atoms with Gasteiger partial charge in [-0.1, -0.05) is 0 Å². The third-order valence-corrected chi connectivity index (χ3v) is 2.77. The molecule has 0 amide bonds. The molecule has 0 unspecified atom stereocenters. The highest BCUT2D eigenvalue weighted by Gasteiger charge is 2.12. The van der Waals surface area contributed by atoms with Gasteiger partial charge in [0.2, 0.25) is 0 Å². The zero-order valence-electron chi connectivity index (χ0n) is 11.9. The van der Waals surface area contributed by atoms with Crippen molar-refractivity contribution in [2.45, 2.75) is 19.9 Å². The van der Waals surface area contributed by atoms with Gasteiger partial charge in [-0.05, 0) is 6.92 Å². The van der Waals surface area contributed by atoms with E-state index in [9.17, 15) is 4.79 Å². The van der Waals surface area contributed by atoms with Crippen molar-refractivity contribution in [2.24, 2.45) is 0 Å². The van der Waals surface area contributed by atoms with Crippen molar-refractivity contribution in [3.8, 4) is 17.2 Å².